The van der Waals surface area contributed by atoms with E-state index in [1.807, 2.05) is 18.4 Å². The van der Waals surface area contributed by atoms with E-state index < -0.39 is 0 Å². The molecule has 108 valence electrons. The molecule has 0 aliphatic rings. The number of thioether (sulfide) groups is 1. The van der Waals surface area contributed by atoms with Crippen molar-refractivity contribution in [1.82, 2.24) is 5.43 Å². The molecule has 4 nitrogen and oxygen atoms in total. The Morgan fingerprint density at radius 3 is 2.71 bits per heavy atom. The summed E-state index contributed by atoms with van der Waals surface area (Å²) < 4.78 is 0.588. The van der Waals surface area contributed by atoms with Gasteiger partial charge in [-0.1, -0.05) is 18.2 Å². The number of benzene rings is 2. The first kappa shape index (κ1) is 15.6. The van der Waals surface area contributed by atoms with Crippen LogP contribution in [0.5, 0.6) is 5.75 Å². The van der Waals surface area contributed by atoms with Crippen molar-refractivity contribution in [3.05, 3.63) is 58.1 Å². The maximum atomic E-state index is 11.8. The minimum Gasteiger partial charge on any atom is -0.506 e. The molecule has 0 unspecified atom stereocenters. The molecule has 0 heterocycles. The number of aromatic hydroxyl groups is 1. The van der Waals surface area contributed by atoms with Gasteiger partial charge in [0.05, 0.1) is 10.7 Å². The number of rotatable bonds is 4. The van der Waals surface area contributed by atoms with Crippen molar-refractivity contribution in [1.29, 1.82) is 0 Å². The number of hydrogen-bond acceptors (Lipinski definition) is 4. The van der Waals surface area contributed by atoms with Crippen LogP contribution in [0.4, 0.5) is 0 Å². The third-order valence-corrected chi connectivity index (χ3v) is 4.02. The second-order valence-electron chi connectivity index (χ2n) is 4.11. The van der Waals surface area contributed by atoms with Gasteiger partial charge in [-0.15, -0.1) is 11.8 Å². The Bertz CT molecular complexity index is 675. The van der Waals surface area contributed by atoms with Crippen molar-refractivity contribution >= 4 is 39.8 Å². The predicted molar refractivity (Wildman–Crippen MR) is 89.1 cm³/mol. The highest BCUT2D eigenvalue weighted by Gasteiger charge is 2.07. The van der Waals surface area contributed by atoms with Crippen molar-refractivity contribution in [3.8, 4) is 5.75 Å². The van der Waals surface area contributed by atoms with Crippen LogP contribution in [-0.2, 0) is 0 Å². The van der Waals surface area contributed by atoms with Crippen LogP contribution >= 0.6 is 27.7 Å². The molecule has 0 aliphatic heterocycles. The van der Waals surface area contributed by atoms with Gasteiger partial charge in [0.2, 0.25) is 0 Å². The lowest BCUT2D eigenvalue weighted by Crippen LogP contribution is -2.17. The van der Waals surface area contributed by atoms with Gasteiger partial charge in [0.1, 0.15) is 5.75 Å². The number of nitrogens with zero attached hydrogens (tertiary/aromatic N) is 1. The number of phenols is 1. The van der Waals surface area contributed by atoms with Crippen LogP contribution in [0.25, 0.3) is 0 Å². The Kier molecular flexibility index (Phi) is 5.41. The maximum absolute atomic E-state index is 11.8. The summed E-state index contributed by atoms with van der Waals surface area (Å²) in [7, 11) is 0. The highest BCUT2D eigenvalue weighted by molar-refractivity contribution is 9.10. The molecule has 21 heavy (non-hydrogen) atoms. The molecule has 0 bridgehead atoms. The summed E-state index contributed by atoms with van der Waals surface area (Å²) in [5.74, 6) is -0.211. The van der Waals surface area contributed by atoms with E-state index in [1.165, 1.54) is 6.21 Å². The third kappa shape index (κ3) is 4.09. The number of halogens is 1. The van der Waals surface area contributed by atoms with Gasteiger partial charge in [0.25, 0.3) is 5.91 Å². The van der Waals surface area contributed by atoms with Crippen LogP contribution in [-0.4, -0.2) is 23.5 Å². The van der Waals surface area contributed by atoms with Crippen LogP contribution in [0.15, 0.2) is 56.9 Å². The summed E-state index contributed by atoms with van der Waals surface area (Å²) >= 11 is 4.84. The summed E-state index contributed by atoms with van der Waals surface area (Å²) in [6, 6.07) is 12.4. The van der Waals surface area contributed by atoms with E-state index in [4.69, 9.17) is 0 Å². The smallest absolute Gasteiger partial charge is 0.271 e. The molecule has 2 aromatic rings. The van der Waals surface area contributed by atoms with E-state index >= 15 is 0 Å². The molecule has 0 radical (unpaired) electrons. The van der Waals surface area contributed by atoms with E-state index in [0.717, 1.165) is 4.90 Å². The van der Waals surface area contributed by atoms with Crippen molar-refractivity contribution in [2.24, 2.45) is 5.10 Å². The quantitative estimate of drug-likeness (QED) is 0.494. The molecule has 2 rings (SSSR count). The first-order chi connectivity index (χ1) is 10.1. The number of carbonyl (C=O) groups is 1. The molecular weight excluding hydrogens is 352 g/mol. The molecule has 0 saturated carbocycles. The number of carbonyl (C=O) groups excluding carboxylic acids is 1. The van der Waals surface area contributed by atoms with Crippen LogP contribution < -0.4 is 5.43 Å². The zero-order valence-corrected chi connectivity index (χ0v) is 13.6. The third-order valence-electron chi connectivity index (χ3n) is 2.71. The van der Waals surface area contributed by atoms with Crippen molar-refractivity contribution < 1.29 is 9.90 Å². The largest absolute Gasteiger partial charge is 0.506 e. The number of amides is 1. The Labute approximate surface area is 135 Å². The normalized spacial score (nSPS) is 10.8. The van der Waals surface area contributed by atoms with Gasteiger partial charge in [-0.05, 0) is 46.5 Å². The second kappa shape index (κ2) is 7.28. The average Bonchev–Trinajstić information content (AvgIpc) is 2.51. The zero-order chi connectivity index (χ0) is 15.2. The summed E-state index contributed by atoms with van der Waals surface area (Å²) in [5.41, 5.74) is 3.48. The highest BCUT2D eigenvalue weighted by atomic mass is 79.9. The van der Waals surface area contributed by atoms with Crippen molar-refractivity contribution in [2.75, 3.05) is 6.26 Å². The fourth-order valence-electron chi connectivity index (χ4n) is 1.63. The fraction of sp³-hybridized carbons (Fsp3) is 0.0667. The zero-order valence-electron chi connectivity index (χ0n) is 11.2. The van der Waals surface area contributed by atoms with E-state index in [0.29, 0.717) is 15.6 Å². The molecular formula is C15H13BrN2O2S. The summed E-state index contributed by atoms with van der Waals surface area (Å²) in [5, 5.41) is 13.8. The minimum atomic E-state index is -0.300. The van der Waals surface area contributed by atoms with Crippen molar-refractivity contribution in [2.45, 2.75) is 4.90 Å². The van der Waals surface area contributed by atoms with Crippen LogP contribution in [0.3, 0.4) is 0 Å². The lowest BCUT2D eigenvalue weighted by molar-refractivity contribution is 0.0955. The lowest BCUT2D eigenvalue weighted by Gasteiger charge is -2.05. The van der Waals surface area contributed by atoms with E-state index in [-0.39, 0.29) is 11.7 Å². The number of nitrogens with one attached hydrogen (secondary N) is 1. The minimum absolute atomic E-state index is 0.0884. The Morgan fingerprint density at radius 2 is 2.05 bits per heavy atom. The predicted octanol–water partition coefficient (Wildman–Crippen LogP) is 3.64. The molecule has 0 aliphatic carbocycles. The topological polar surface area (TPSA) is 61.7 Å². The molecule has 0 atom stereocenters. The van der Waals surface area contributed by atoms with Crippen LogP contribution in [0, 0.1) is 0 Å². The van der Waals surface area contributed by atoms with Gasteiger partial charge < -0.3 is 5.11 Å². The van der Waals surface area contributed by atoms with Crippen molar-refractivity contribution in [3.63, 3.8) is 0 Å². The van der Waals surface area contributed by atoms with Crippen LogP contribution in [0.1, 0.15) is 15.9 Å². The fourth-order valence-corrected chi connectivity index (χ4v) is 2.73. The average molecular weight is 365 g/mol. The maximum Gasteiger partial charge on any atom is 0.271 e. The van der Waals surface area contributed by atoms with Gasteiger partial charge in [0, 0.05) is 16.0 Å². The van der Waals surface area contributed by atoms with Gasteiger partial charge >= 0.3 is 0 Å². The Morgan fingerprint density at radius 1 is 1.33 bits per heavy atom. The summed E-state index contributed by atoms with van der Waals surface area (Å²) in [4.78, 5) is 12.8. The standard InChI is InChI=1S/C15H13BrN2O2S/c1-21-12-7-11(14(19)13(16)8-12)9-17-18-15(20)10-5-3-2-4-6-10/h2-9,19H,1H3,(H,18,20)/b17-9+. The van der Waals surface area contributed by atoms with Gasteiger partial charge in [-0.3, -0.25) is 4.79 Å². The first-order valence-electron chi connectivity index (χ1n) is 6.06. The molecule has 1 amide bonds. The molecule has 0 aromatic heterocycles. The Hall–Kier alpha value is -1.79. The molecule has 2 aromatic carbocycles. The number of hydrazone groups is 1. The molecule has 0 fully saturated rings. The molecule has 0 saturated heterocycles. The van der Waals surface area contributed by atoms with Gasteiger partial charge in [-0.25, -0.2) is 5.43 Å². The van der Waals surface area contributed by atoms with E-state index in [2.05, 4.69) is 26.5 Å². The molecule has 0 spiro atoms. The van der Waals surface area contributed by atoms with E-state index in [1.54, 1.807) is 42.1 Å². The Balaban J connectivity index is 2.12. The molecule has 6 heteroatoms. The monoisotopic (exact) mass is 364 g/mol. The van der Waals surface area contributed by atoms with Gasteiger partial charge in [0.15, 0.2) is 0 Å². The SMILES string of the molecule is CSc1cc(Br)c(O)c(/C=N/NC(=O)c2ccccc2)c1. The highest BCUT2D eigenvalue weighted by Crippen LogP contribution is 2.31. The summed E-state index contributed by atoms with van der Waals surface area (Å²) in [6.45, 7) is 0. The van der Waals surface area contributed by atoms with Crippen LogP contribution in [0.2, 0.25) is 0 Å². The van der Waals surface area contributed by atoms with Gasteiger partial charge in [-0.2, -0.15) is 5.10 Å². The summed E-state index contributed by atoms with van der Waals surface area (Å²) in [6.07, 6.45) is 3.36. The number of phenolic OH excluding ortho intramolecular Hbond substituents is 1. The number of hydrogen-bond donors (Lipinski definition) is 2. The van der Waals surface area contributed by atoms with E-state index in [9.17, 15) is 9.90 Å². The first-order valence-corrected chi connectivity index (χ1v) is 8.08. The second-order valence-corrected chi connectivity index (χ2v) is 5.85. The molecule has 2 N–H and O–H groups in total. The lowest BCUT2D eigenvalue weighted by atomic mass is 10.2.